The van der Waals surface area contributed by atoms with Crippen LogP contribution in [0.15, 0.2) is 24.3 Å². The zero-order valence-electron chi connectivity index (χ0n) is 13.4. The van der Waals surface area contributed by atoms with Gasteiger partial charge in [0.1, 0.15) is 11.7 Å². The van der Waals surface area contributed by atoms with Crippen LogP contribution >= 0.6 is 0 Å². The molecule has 3 rings (SSSR count). The smallest absolute Gasteiger partial charge is 0.236 e. The molecule has 1 aromatic rings. The highest BCUT2D eigenvalue weighted by Gasteiger charge is 2.51. The van der Waals surface area contributed by atoms with Gasteiger partial charge in [-0.15, -0.1) is 0 Å². The molecule has 2 aliphatic rings. The number of hydrogen-bond donors (Lipinski definition) is 2. The van der Waals surface area contributed by atoms with Crippen LogP contribution in [0, 0.1) is 5.92 Å². The number of rotatable bonds is 1. The Hall–Kier alpha value is -2.04. The lowest BCUT2D eigenvalue weighted by Gasteiger charge is -2.47. The highest BCUT2D eigenvalue weighted by Crippen LogP contribution is 2.46. The molecule has 1 fully saturated rings. The maximum atomic E-state index is 12.6. The molecule has 3 atom stereocenters. The summed E-state index contributed by atoms with van der Waals surface area (Å²) in [6.07, 6.45) is 0.595. The number of ether oxygens (including phenoxy) is 1. The highest BCUT2D eigenvalue weighted by molar-refractivity contribution is 6.02. The Morgan fingerprint density at radius 2 is 2.05 bits per heavy atom. The van der Waals surface area contributed by atoms with Gasteiger partial charge in [0.15, 0.2) is 5.72 Å². The van der Waals surface area contributed by atoms with Crippen LogP contribution in [0.2, 0.25) is 0 Å². The second-order valence-corrected chi connectivity index (χ2v) is 7.39. The molecule has 2 N–H and O–H groups in total. The Morgan fingerprint density at radius 3 is 2.73 bits per heavy atom. The van der Waals surface area contributed by atoms with Gasteiger partial charge in [-0.1, -0.05) is 18.2 Å². The molecule has 2 aliphatic heterocycles. The van der Waals surface area contributed by atoms with Crippen molar-refractivity contribution in [2.24, 2.45) is 5.92 Å². The van der Waals surface area contributed by atoms with Gasteiger partial charge in [0.05, 0.1) is 0 Å². The Bertz CT molecular complexity index is 635. The van der Waals surface area contributed by atoms with Crippen molar-refractivity contribution in [3.63, 3.8) is 0 Å². The molecule has 2 bridgehead atoms. The van der Waals surface area contributed by atoms with Crippen molar-refractivity contribution in [1.29, 1.82) is 0 Å². The van der Waals surface area contributed by atoms with Crippen molar-refractivity contribution in [2.75, 3.05) is 0 Å². The summed E-state index contributed by atoms with van der Waals surface area (Å²) >= 11 is 0. The van der Waals surface area contributed by atoms with Crippen LogP contribution in [0.25, 0.3) is 0 Å². The average molecular weight is 302 g/mol. The van der Waals surface area contributed by atoms with Gasteiger partial charge in [-0.3, -0.25) is 9.59 Å². The maximum absolute atomic E-state index is 12.6. The molecule has 0 radical (unpaired) electrons. The predicted octanol–water partition coefficient (Wildman–Crippen LogP) is 1.93. The van der Waals surface area contributed by atoms with E-state index in [-0.39, 0.29) is 23.3 Å². The molecule has 2 amide bonds. The van der Waals surface area contributed by atoms with Crippen LogP contribution in [0.4, 0.5) is 0 Å². The number of fused-ring (bicyclic) bond motifs is 4. The van der Waals surface area contributed by atoms with Gasteiger partial charge >= 0.3 is 0 Å². The highest BCUT2D eigenvalue weighted by atomic mass is 16.5. The van der Waals surface area contributed by atoms with E-state index in [0.717, 1.165) is 11.3 Å². The van der Waals surface area contributed by atoms with Gasteiger partial charge in [0.2, 0.25) is 11.8 Å². The van der Waals surface area contributed by atoms with Crippen LogP contribution in [-0.4, -0.2) is 23.1 Å². The fourth-order valence-corrected chi connectivity index (χ4v) is 3.34. The number of carbonyl (C=O) groups excluding carboxylic acids is 2. The van der Waals surface area contributed by atoms with E-state index in [4.69, 9.17) is 4.74 Å². The van der Waals surface area contributed by atoms with Gasteiger partial charge in [-0.05, 0) is 39.3 Å². The lowest BCUT2D eigenvalue weighted by Crippen LogP contribution is -2.63. The van der Waals surface area contributed by atoms with Crippen molar-refractivity contribution >= 4 is 11.8 Å². The molecule has 0 saturated carbocycles. The molecule has 1 aromatic carbocycles. The standard InChI is InChI=1S/C17H22N2O3/c1-16(2,3)18-14(20)13-11-9-17(4,19-15(13)21)22-12-8-6-5-7-10(11)12/h5-8,11,13H,9H2,1-4H3,(H,18,20)(H,19,21)/t11-,13+,17-/m0/s1. The summed E-state index contributed by atoms with van der Waals surface area (Å²) in [5.41, 5.74) is -0.180. The first kappa shape index (κ1) is 14.9. The Kier molecular flexibility index (Phi) is 3.20. The molecule has 0 unspecified atom stereocenters. The molecule has 5 nitrogen and oxygen atoms in total. The van der Waals surface area contributed by atoms with E-state index in [1.807, 2.05) is 52.0 Å². The number of benzene rings is 1. The fourth-order valence-electron chi connectivity index (χ4n) is 3.34. The monoisotopic (exact) mass is 302 g/mol. The molecule has 22 heavy (non-hydrogen) atoms. The number of nitrogens with one attached hydrogen (secondary N) is 2. The third-order valence-corrected chi connectivity index (χ3v) is 4.12. The minimum atomic E-state index is -0.741. The third-order valence-electron chi connectivity index (χ3n) is 4.12. The summed E-state index contributed by atoms with van der Waals surface area (Å²) in [5, 5.41) is 5.78. The van der Waals surface area contributed by atoms with Gasteiger partial charge in [0, 0.05) is 17.9 Å². The maximum Gasteiger partial charge on any atom is 0.236 e. The molecule has 1 saturated heterocycles. The van der Waals surface area contributed by atoms with E-state index in [1.54, 1.807) is 0 Å². The van der Waals surface area contributed by atoms with E-state index < -0.39 is 11.6 Å². The molecule has 5 heteroatoms. The number of piperidine rings is 1. The Morgan fingerprint density at radius 1 is 1.36 bits per heavy atom. The molecule has 2 heterocycles. The number of hydrogen-bond acceptors (Lipinski definition) is 3. The van der Waals surface area contributed by atoms with Crippen LogP contribution in [0.5, 0.6) is 5.75 Å². The average Bonchev–Trinajstić information content (AvgIpc) is 2.34. The third kappa shape index (κ3) is 2.56. The van der Waals surface area contributed by atoms with E-state index in [0.29, 0.717) is 6.42 Å². The van der Waals surface area contributed by atoms with Crippen molar-refractivity contribution < 1.29 is 14.3 Å². The lowest BCUT2D eigenvalue weighted by atomic mass is 9.74. The fraction of sp³-hybridized carbons (Fsp3) is 0.529. The summed E-state index contributed by atoms with van der Waals surface area (Å²) in [5.74, 6) is -0.637. The summed E-state index contributed by atoms with van der Waals surface area (Å²) < 4.78 is 5.93. The molecular formula is C17H22N2O3. The first-order valence-corrected chi connectivity index (χ1v) is 7.61. The summed E-state index contributed by atoms with van der Waals surface area (Å²) in [6.45, 7) is 7.58. The lowest BCUT2D eigenvalue weighted by molar-refractivity contribution is -0.147. The minimum absolute atomic E-state index is 0.161. The van der Waals surface area contributed by atoms with Crippen LogP contribution in [-0.2, 0) is 9.59 Å². The number of amides is 2. The number of carbonyl (C=O) groups is 2. The van der Waals surface area contributed by atoms with Crippen molar-refractivity contribution in [3.05, 3.63) is 29.8 Å². The van der Waals surface area contributed by atoms with Crippen molar-refractivity contribution in [3.8, 4) is 5.75 Å². The Balaban J connectivity index is 1.99. The first-order chi connectivity index (χ1) is 10.2. The summed E-state index contributed by atoms with van der Waals surface area (Å²) in [7, 11) is 0. The topological polar surface area (TPSA) is 67.4 Å². The Labute approximate surface area is 130 Å². The second kappa shape index (κ2) is 4.73. The normalized spacial score (nSPS) is 29.9. The SMILES string of the molecule is CC(C)(C)NC(=O)[C@@H]1C(=O)N[C@]2(C)C[C@H]1c1ccccc1O2. The van der Waals surface area contributed by atoms with Crippen LogP contribution < -0.4 is 15.4 Å². The van der Waals surface area contributed by atoms with Crippen molar-refractivity contribution in [1.82, 2.24) is 10.6 Å². The second-order valence-electron chi connectivity index (χ2n) is 7.39. The molecule has 0 aliphatic carbocycles. The van der Waals surface area contributed by atoms with E-state index in [1.165, 1.54) is 0 Å². The largest absolute Gasteiger partial charge is 0.468 e. The van der Waals surface area contributed by atoms with Crippen molar-refractivity contribution in [2.45, 2.75) is 51.3 Å². The summed E-state index contributed by atoms with van der Waals surface area (Å²) in [6, 6.07) is 7.64. The minimum Gasteiger partial charge on any atom is -0.468 e. The molecule has 0 spiro atoms. The zero-order valence-corrected chi connectivity index (χ0v) is 13.4. The zero-order chi connectivity index (χ0) is 16.1. The molecule has 0 aromatic heterocycles. The molecular weight excluding hydrogens is 280 g/mol. The predicted molar refractivity (Wildman–Crippen MR) is 82.4 cm³/mol. The number of para-hydroxylation sites is 1. The van der Waals surface area contributed by atoms with E-state index in [2.05, 4.69) is 10.6 Å². The van der Waals surface area contributed by atoms with Crippen LogP contribution in [0.3, 0.4) is 0 Å². The van der Waals surface area contributed by atoms with Gasteiger partial charge in [-0.25, -0.2) is 0 Å². The van der Waals surface area contributed by atoms with Gasteiger partial charge < -0.3 is 15.4 Å². The van der Waals surface area contributed by atoms with Gasteiger partial charge in [0.25, 0.3) is 0 Å². The summed E-state index contributed by atoms with van der Waals surface area (Å²) in [4.78, 5) is 25.1. The quantitative estimate of drug-likeness (QED) is 0.779. The first-order valence-electron chi connectivity index (χ1n) is 7.61. The van der Waals surface area contributed by atoms with Crippen LogP contribution in [0.1, 0.15) is 45.6 Å². The van der Waals surface area contributed by atoms with E-state index >= 15 is 0 Å². The molecule has 118 valence electrons. The van der Waals surface area contributed by atoms with Gasteiger partial charge in [-0.2, -0.15) is 0 Å². The van der Waals surface area contributed by atoms with E-state index in [9.17, 15) is 9.59 Å².